The van der Waals surface area contributed by atoms with Gasteiger partial charge in [0.15, 0.2) is 0 Å². The van der Waals surface area contributed by atoms with Gasteiger partial charge in [-0.1, -0.05) is 42.8 Å². The average molecular weight is 435 g/mol. The van der Waals surface area contributed by atoms with Crippen LogP contribution < -0.4 is 4.90 Å². The van der Waals surface area contributed by atoms with E-state index in [1.54, 1.807) is 18.5 Å². The van der Waals surface area contributed by atoms with Gasteiger partial charge in [0.05, 0.1) is 5.69 Å². The summed E-state index contributed by atoms with van der Waals surface area (Å²) in [4.78, 5) is 16.4. The molecule has 1 saturated heterocycles. The van der Waals surface area contributed by atoms with Crippen LogP contribution in [0.4, 0.5) is 14.6 Å². The van der Waals surface area contributed by atoms with Gasteiger partial charge in [0.1, 0.15) is 12.1 Å². The molecule has 0 radical (unpaired) electrons. The number of fused-ring (bicyclic) bond motifs is 1. The van der Waals surface area contributed by atoms with Crippen LogP contribution in [0.25, 0.3) is 11.6 Å². The van der Waals surface area contributed by atoms with Crippen LogP contribution >= 0.6 is 0 Å². The third-order valence-corrected chi connectivity index (χ3v) is 7.24. The van der Waals surface area contributed by atoms with E-state index in [1.807, 2.05) is 6.92 Å². The molecule has 1 aromatic heterocycles. The summed E-state index contributed by atoms with van der Waals surface area (Å²) in [6.07, 6.45) is 5.21. The number of aromatic nitrogens is 2. The Morgan fingerprint density at radius 3 is 2.41 bits per heavy atom. The maximum Gasteiger partial charge on any atom is 0.263 e. The fourth-order valence-electron chi connectivity index (χ4n) is 5.12. The fourth-order valence-corrected chi connectivity index (χ4v) is 5.12. The van der Waals surface area contributed by atoms with Crippen molar-refractivity contribution in [1.82, 2.24) is 9.97 Å². The van der Waals surface area contributed by atoms with E-state index in [2.05, 4.69) is 34.8 Å². The van der Waals surface area contributed by atoms with E-state index in [0.717, 1.165) is 67.1 Å². The van der Waals surface area contributed by atoms with Gasteiger partial charge in [0.2, 0.25) is 0 Å². The van der Waals surface area contributed by atoms with Gasteiger partial charge in [0, 0.05) is 53.9 Å². The van der Waals surface area contributed by atoms with Crippen molar-refractivity contribution in [3.8, 4) is 0 Å². The van der Waals surface area contributed by atoms with Crippen LogP contribution in [-0.4, -0.2) is 28.8 Å². The van der Waals surface area contributed by atoms with E-state index in [9.17, 15) is 8.78 Å². The van der Waals surface area contributed by atoms with Gasteiger partial charge < -0.3 is 4.90 Å². The standard InChI is InChI=1S/C26H28F2N4/c1-16-12-21-22(13-16)29-15-30-25(21)32-10-8-26(3,9-11-32)23-14-20(17(2)31-23)18-4-6-19(7-5-18)24(27)28/h4-7,12,15,24H,8-11,13-14H2,1-3H3. The molecule has 1 aromatic carbocycles. The SMILES string of the molecule is CC1=Cc2c(ncnc2N2CCC(C)(C3=NC(C)=C(c4ccc(C(F)F)cc4)C3)CC2)C1. The maximum absolute atomic E-state index is 12.9. The largest absolute Gasteiger partial charge is 0.356 e. The molecule has 0 bridgehead atoms. The number of hydrogen-bond acceptors (Lipinski definition) is 4. The Hall–Kier alpha value is -2.89. The van der Waals surface area contributed by atoms with Crippen molar-refractivity contribution in [3.05, 3.63) is 64.2 Å². The van der Waals surface area contributed by atoms with E-state index >= 15 is 0 Å². The zero-order valence-electron chi connectivity index (χ0n) is 18.8. The summed E-state index contributed by atoms with van der Waals surface area (Å²) in [7, 11) is 0. The molecule has 4 nitrogen and oxygen atoms in total. The Balaban J connectivity index is 1.29. The highest BCUT2D eigenvalue weighted by Gasteiger charge is 2.38. The molecule has 1 aliphatic carbocycles. The molecular formula is C26H28F2N4. The van der Waals surface area contributed by atoms with Gasteiger partial charge in [-0.2, -0.15) is 0 Å². The van der Waals surface area contributed by atoms with E-state index in [-0.39, 0.29) is 11.0 Å². The summed E-state index contributed by atoms with van der Waals surface area (Å²) in [5.74, 6) is 1.05. The average Bonchev–Trinajstić information content (AvgIpc) is 3.36. The molecular weight excluding hydrogens is 406 g/mol. The van der Waals surface area contributed by atoms with Gasteiger partial charge in [0.25, 0.3) is 6.43 Å². The van der Waals surface area contributed by atoms with Crippen molar-refractivity contribution in [2.45, 2.75) is 52.9 Å². The second-order valence-corrected chi connectivity index (χ2v) is 9.49. The molecule has 0 saturated carbocycles. The van der Waals surface area contributed by atoms with Crippen molar-refractivity contribution < 1.29 is 8.78 Å². The lowest BCUT2D eigenvalue weighted by Crippen LogP contribution is -2.43. The monoisotopic (exact) mass is 434 g/mol. The Bertz CT molecular complexity index is 1140. The van der Waals surface area contributed by atoms with Gasteiger partial charge in [-0.05, 0) is 37.8 Å². The second-order valence-electron chi connectivity index (χ2n) is 9.49. The van der Waals surface area contributed by atoms with Crippen molar-refractivity contribution >= 4 is 23.2 Å². The molecule has 0 amide bonds. The number of anilines is 1. The van der Waals surface area contributed by atoms with E-state index in [1.165, 1.54) is 29.0 Å². The number of hydrogen-bond donors (Lipinski definition) is 0. The highest BCUT2D eigenvalue weighted by Crippen LogP contribution is 2.42. The minimum absolute atomic E-state index is 0.0321. The summed E-state index contributed by atoms with van der Waals surface area (Å²) >= 11 is 0. The second kappa shape index (κ2) is 7.91. The molecule has 0 atom stereocenters. The molecule has 5 rings (SSSR count). The summed E-state index contributed by atoms with van der Waals surface area (Å²) in [5.41, 5.74) is 8.09. The van der Waals surface area contributed by atoms with Crippen molar-refractivity contribution in [2.75, 3.05) is 18.0 Å². The molecule has 2 aromatic rings. The van der Waals surface area contributed by atoms with Gasteiger partial charge in [-0.25, -0.2) is 18.7 Å². The summed E-state index contributed by atoms with van der Waals surface area (Å²) in [5, 5.41) is 0. The van der Waals surface area contributed by atoms with Crippen LogP contribution in [0.15, 0.2) is 46.9 Å². The third-order valence-electron chi connectivity index (χ3n) is 7.24. The van der Waals surface area contributed by atoms with Crippen LogP contribution in [0.2, 0.25) is 0 Å². The third kappa shape index (κ3) is 3.65. The highest BCUT2D eigenvalue weighted by atomic mass is 19.3. The van der Waals surface area contributed by atoms with Crippen molar-refractivity contribution in [2.24, 2.45) is 10.4 Å². The van der Waals surface area contributed by atoms with Crippen LogP contribution in [0.3, 0.4) is 0 Å². The Morgan fingerprint density at radius 2 is 1.72 bits per heavy atom. The summed E-state index contributed by atoms with van der Waals surface area (Å²) < 4.78 is 25.8. The van der Waals surface area contributed by atoms with Crippen LogP contribution in [0.5, 0.6) is 0 Å². The number of rotatable bonds is 4. The number of piperidine rings is 1. The lowest BCUT2D eigenvalue weighted by Gasteiger charge is -2.40. The predicted octanol–water partition coefficient (Wildman–Crippen LogP) is 6.26. The first-order valence-electron chi connectivity index (χ1n) is 11.3. The van der Waals surface area contributed by atoms with Crippen LogP contribution in [0.1, 0.15) is 68.8 Å². The van der Waals surface area contributed by atoms with Gasteiger partial charge >= 0.3 is 0 Å². The summed E-state index contributed by atoms with van der Waals surface area (Å²) in [6, 6.07) is 6.65. The minimum Gasteiger partial charge on any atom is -0.356 e. The van der Waals surface area contributed by atoms with Crippen molar-refractivity contribution in [3.63, 3.8) is 0 Å². The molecule has 6 heteroatoms. The predicted molar refractivity (Wildman–Crippen MR) is 125 cm³/mol. The lowest BCUT2D eigenvalue weighted by molar-refractivity contribution is 0.151. The van der Waals surface area contributed by atoms with Gasteiger partial charge in [-0.3, -0.25) is 4.99 Å². The molecule has 0 spiro atoms. The number of allylic oxidation sites excluding steroid dienone is 3. The first-order chi connectivity index (χ1) is 15.3. The topological polar surface area (TPSA) is 41.4 Å². The Labute approximate surface area is 187 Å². The first kappa shape index (κ1) is 21.0. The van der Waals surface area contributed by atoms with Crippen molar-refractivity contribution in [1.29, 1.82) is 0 Å². The zero-order valence-corrected chi connectivity index (χ0v) is 18.8. The molecule has 3 heterocycles. The highest BCUT2D eigenvalue weighted by molar-refractivity contribution is 6.03. The molecule has 166 valence electrons. The summed E-state index contributed by atoms with van der Waals surface area (Å²) in [6.45, 7) is 8.35. The number of benzene rings is 1. The quantitative estimate of drug-likeness (QED) is 0.571. The number of halogens is 2. The lowest BCUT2D eigenvalue weighted by atomic mass is 9.74. The Morgan fingerprint density at radius 1 is 1.00 bits per heavy atom. The molecule has 3 aliphatic rings. The zero-order chi connectivity index (χ0) is 22.5. The molecule has 0 unspecified atom stereocenters. The molecule has 2 aliphatic heterocycles. The maximum atomic E-state index is 12.9. The molecule has 0 N–H and O–H groups in total. The fraction of sp³-hybridized carbons (Fsp3) is 0.423. The van der Waals surface area contributed by atoms with E-state index < -0.39 is 6.43 Å². The number of aliphatic imine (C=N–C) groups is 1. The van der Waals surface area contributed by atoms with Crippen LogP contribution in [-0.2, 0) is 6.42 Å². The first-order valence-corrected chi connectivity index (χ1v) is 11.3. The van der Waals surface area contributed by atoms with Gasteiger partial charge in [-0.15, -0.1) is 0 Å². The minimum atomic E-state index is -2.44. The molecule has 1 fully saturated rings. The number of alkyl halides is 2. The normalized spacial score (nSPS) is 20.0. The van der Waals surface area contributed by atoms with E-state index in [0.29, 0.717) is 0 Å². The molecule has 32 heavy (non-hydrogen) atoms. The van der Waals surface area contributed by atoms with Crippen LogP contribution in [0, 0.1) is 5.41 Å². The smallest absolute Gasteiger partial charge is 0.263 e. The Kier molecular flexibility index (Phi) is 5.19. The van der Waals surface area contributed by atoms with E-state index in [4.69, 9.17) is 4.99 Å². The number of nitrogens with zero attached hydrogens (tertiary/aromatic N) is 4.